The molecule has 0 saturated heterocycles. The van der Waals surface area contributed by atoms with E-state index in [1.54, 1.807) is 0 Å². The fourth-order valence-corrected chi connectivity index (χ4v) is 0.853. The lowest BCUT2D eigenvalue weighted by Gasteiger charge is -1.96. The highest BCUT2D eigenvalue weighted by molar-refractivity contribution is 14.1. The number of rotatable bonds is 5. The molecule has 9 heavy (non-hydrogen) atoms. The van der Waals surface area contributed by atoms with Crippen molar-refractivity contribution < 1.29 is 4.79 Å². The van der Waals surface area contributed by atoms with Crippen molar-refractivity contribution >= 4 is 28.6 Å². The summed E-state index contributed by atoms with van der Waals surface area (Å²) in [6, 6.07) is 0. The van der Waals surface area contributed by atoms with Crippen LogP contribution < -0.4 is 8.85 Å². The first-order valence-corrected chi connectivity index (χ1v) is 3.89. The molecular weight excluding hydrogens is 231 g/mol. The molecule has 0 fully saturated rings. The number of carbonyl (C=O) groups is 1. The number of Topliss-reactive ketones (excluding diaryl/α,β-unsaturated/α-hetero) is 1. The molecule has 0 amide bonds. The molecule has 0 aliphatic rings. The third-order valence-electron chi connectivity index (χ3n) is 0.918. The molecular formula is C5H11IN2O. The highest BCUT2D eigenvalue weighted by atomic mass is 127. The SMILES string of the molecule is CNCCC(=O)CNI. The lowest BCUT2D eigenvalue weighted by molar-refractivity contribution is -0.117. The second-order valence-corrected chi connectivity index (χ2v) is 2.47. The van der Waals surface area contributed by atoms with Gasteiger partial charge in [0.1, 0.15) is 5.78 Å². The van der Waals surface area contributed by atoms with Gasteiger partial charge in [0.05, 0.1) is 6.54 Å². The number of halogens is 1. The van der Waals surface area contributed by atoms with Gasteiger partial charge in [-0.2, -0.15) is 0 Å². The van der Waals surface area contributed by atoms with Crippen LogP contribution >= 0.6 is 22.9 Å². The summed E-state index contributed by atoms with van der Waals surface area (Å²) in [5, 5.41) is 2.91. The largest absolute Gasteiger partial charge is 0.319 e. The minimum absolute atomic E-state index is 0.249. The fraction of sp³-hybridized carbons (Fsp3) is 0.800. The van der Waals surface area contributed by atoms with E-state index in [0.717, 1.165) is 6.54 Å². The summed E-state index contributed by atoms with van der Waals surface area (Å²) in [6.07, 6.45) is 0.618. The number of nitrogens with one attached hydrogen (secondary N) is 2. The zero-order valence-corrected chi connectivity index (χ0v) is 7.57. The Hall–Kier alpha value is 0.320. The van der Waals surface area contributed by atoms with Crippen LogP contribution in [0.25, 0.3) is 0 Å². The maximum atomic E-state index is 10.7. The van der Waals surface area contributed by atoms with Crippen molar-refractivity contribution in [3.63, 3.8) is 0 Å². The highest BCUT2D eigenvalue weighted by Crippen LogP contribution is 1.79. The summed E-state index contributed by atoms with van der Waals surface area (Å²) in [5.41, 5.74) is 0. The predicted octanol–water partition coefficient (Wildman–Crippen LogP) is 0.105. The van der Waals surface area contributed by atoms with Crippen molar-refractivity contribution in [3.05, 3.63) is 0 Å². The first-order chi connectivity index (χ1) is 4.31. The van der Waals surface area contributed by atoms with Crippen LogP contribution in [0.15, 0.2) is 0 Å². The number of hydrogen-bond donors (Lipinski definition) is 2. The Morgan fingerprint density at radius 2 is 2.33 bits per heavy atom. The summed E-state index contributed by atoms with van der Waals surface area (Å²) >= 11 is 1.96. The lowest BCUT2D eigenvalue weighted by Crippen LogP contribution is -2.19. The van der Waals surface area contributed by atoms with Gasteiger partial charge in [-0.3, -0.25) is 8.32 Å². The molecule has 0 heterocycles. The summed E-state index contributed by atoms with van der Waals surface area (Å²) in [6.45, 7) is 1.25. The maximum absolute atomic E-state index is 10.7. The van der Waals surface area contributed by atoms with E-state index in [1.807, 2.05) is 29.9 Å². The van der Waals surface area contributed by atoms with Crippen molar-refractivity contribution in [3.8, 4) is 0 Å². The summed E-state index contributed by atoms with van der Waals surface area (Å²) in [4.78, 5) is 10.7. The van der Waals surface area contributed by atoms with E-state index in [9.17, 15) is 4.79 Å². The Kier molecular flexibility index (Phi) is 6.67. The van der Waals surface area contributed by atoms with Crippen molar-refractivity contribution in [1.29, 1.82) is 0 Å². The molecule has 0 saturated carbocycles. The third-order valence-corrected chi connectivity index (χ3v) is 1.30. The molecule has 4 heteroatoms. The minimum Gasteiger partial charge on any atom is -0.319 e. The van der Waals surface area contributed by atoms with E-state index in [4.69, 9.17) is 0 Å². The third kappa shape index (κ3) is 6.20. The Morgan fingerprint density at radius 1 is 1.67 bits per heavy atom. The molecule has 0 aromatic heterocycles. The molecule has 0 bridgehead atoms. The van der Waals surface area contributed by atoms with E-state index < -0.39 is 0 Å². The second-order valence-electron chi connectivity index (χ2n) is 1.70. The van der Waals surface area contributed by atoms with Gasteiger partial charge in [0.25, 0.3) is 0 Å². The van der Waals surface area contributed by atoms with Gasteiger partial charge in [0, 0.05) is 35.8 Å². The van der Waals surface area contributed by atoms with Crippen LogP contribution in [-0.4, -0.2) is 25.9 Å². The molecule has 0 unspecified atom stereocenters. The van der Waals surface area contributed by atoms with Gasteiger partial charge >= 0.3 is 0 Å². The van der Waals surface area contributed by atoms with Gasteiger partial charge in [-0.05, 0) is 7.05 Å². The molecule has 0 aromatic carbocycles. The van der Waals surface area contributed by atoms with Gasteiger partial charge < -0.3 is 5.32 Å². The first kappa shape index (κ1) is 9.32. The van der Waals surface area contributed by atoms with Crippen molar-refractivity contribution in [2.75, 3.05) is 20.1 Å². The second kappa shape index (κ2) is 6.44. The fourth-order valence-electron chi connectivity index (χ4n) is 0.427. The highest BCUT2D eigenvalue weighted by Gasteiger charge is 1.96. The van der Waals surface area contributed by atoms with Gasteiger partial charge in [0.15, 0.2) is 0 Å². The Bertz CT molecular complexity index is 87.0. The molecule has 0 atom stereocenters. The van der Waals surface area contributed by atoms with Crippen LogP contribution in [0.5, 0.6) is 0 Å². The lowest BCUT2D eigenvalue weighted by atomic mass is 10.3. The normalized spacial score (nSPS) is 9.56. The smallest absolute Gasteiger partial charge is 0.148 e. The molecule has 2 N–H and O–H groups in total. The van der Waals surface area contributed by atoms with E-state index in [1.165, 1.54) is 0 Å². The van der Waals surface area contributed by atoms with Gasteiger partial charge in [-0.25, -0.2) is 0 Å². The van der Waals surface area contributed by atoms with Crippen LogP contribution in [0.1, 0.15) is 6.42 Å². The van der Waals surface area contributed by atoms with Crippen molar-refractivity contribution in [1.82, 2.24) is 8.85 Å². The molecule has 3 nitrogen and oxygen atoms in total. The average Bonchev–Trinajstić information content (AvgIpc) is 1.85. The molecule has 54 valence electrons. The molecule has 0 aliphatic carbocycles. The zero-order chi connectivity index (χ0) is 7.11. The monoisotopic (exact) mass is 242 g/mol. The zero-order valence-electron chi connectivity index (χ0n) is 5.41. The Balaban J connectivity index is 3.06. The minimum atomic E-state index is 0.249. The van der Waals surface area contributed by atoms with E-state index >= 15 is 0 Å². The van der Waals surface area contributed by atoms with Crippen LogP contribution in [0.2, 0.25) is 0 Å². The van der Waals surface area contributed by atoms with E-state index in [-0.39, 0.29) is 5.78 Å². The van der Waals surface area contributed by atoms with Gasteiger partial charge in [0.2, 0.25) is 0 Å². The summed E-state index contributed by atoms with van der Waals surface area (Å²) < 4.78 is 2.77. The predicted molar refractivity (Wildman–Crippen MR) is 45.6 cm³/mol. The van der Waals surface area contributed by atoms with E-state index in [2.05, 4.69) is 8.85 Å². The van der Waals surface area contributed by atoms with Gasteiger partial charge in [-0.1, -0.05) is 0 Å². The Labute approximate surface area is 69.1 Å². The molecule has 0 spiro atoms. The molecule has 0 radical (unpaired) electrons. The van der Waals surface area contributed by atoms with Crippen LogP contribution in [-0.2, 0) is 4.79 Å². The summed E-state index contributed by atoms with van der Waals surface area (Å²) in [7, 11) is 1.84. The quantitative estimate of drug-likeness (QED) is 0.531. The molecule has 0 aliphatic heterocycles. The van der Waals surface area contributed by atoms with Crippen LogP contribution in [0, 0.1) is 0 Å². The number of ketones is 1. The van der Waals surface area contributed by atoms with E-state index in [0.29, 0.717) is 13.0 Å². The molecule has 0 aromatic rings. The van der Waals surface area contributed by atoms with Crippen molar-refractivity contribution in [2.45, 2.75) is 6.42 Å². The number of hydrogen-bond acceptors (Lipinski definition) is 3. The standard InChI is InChI=1S/C5H11IN2O/c1-7-3-2-5(9)4-8-6/h7-8H,2-4H2,1H3. The topological polar surface area (TPSA) is 41.1 Å². The number of carbonyl (C=O) groups excluding carboxylic acids is 1. The molecule has 0 rings (SSSR count). The Morgan fingerprint density at radius 3 is 2.78 bits per heavy atom. The summed E-state index contributed by atoms with van der Waals surface area (Å²) in [5.74, 6) is 0.249. The average molecular weight is 242 g/mol. The van der Waals surface area contributed by atoms with Crippen molar-refractivity contribution in [2.24, 2.45) is 0 Å². The van der Waals surface area contributed by atoms with Gasteiger partial charge in [-0.15, -0.1) is 0 Å². The maximum Gasteiger partial charge on any atom is 0.148 e. The van der Waals surface area contributed by atoms with Crippen LogP contribution in [0.3, 0.4) is 0 Å². The van der Waals surface area contributed by atoms with Crippen LogP contribution in [0.4, 0.5) is 0 Å². The first-order valence-electron chi connectivity index (χ1n) is 2.81.